The molecule has 0 saturated carbocycles. The zero-order valence-corrected chi connectivity index (χ0v) is 14.9. The van der Waals surface area contributed by atoms with Crippen molar-refractivity contribution in [2.75, 3.05) is 32.1 Å². The third-order valence-electron chi connectivity index (χ3n) is 4.26. The molecule has 25 heavy (non-hydrogen) atoms. The zero-order chi connectivity index (χ0) is 18.6. The fourth-order valence-corrected chi connectivity index (χ4v) is 3.27. The number of aliphatic carboxylic acids is 1. The van der Waals surface area contributed by atoms with Crippen LogP contribution < -0.4 is 5.32 Å². The Kier molecular flexibility index (Phi) is 6.02. The van der Waals surface area contributed by atoms with Crippen LogP contribution in [0.1, 0.15) is 30.1 Å². The Labute approximate surface area is 150 Å². The summed E-state index contributed by atoms with van der Waals surface area (Å²) in [5.41, 5.74) is -0.435. The fourth-order valence-electron chi connectivity index (χ4n) is 3.08. The van der Waals surface area contributed by atoms with E-state index in [0.717, 1.165) is 0 Å². The van der Waals surface area contributed by atoms with Crippen LogP contribution in [-0.4, -0.2) is 54.6 Å². The highest BCUT2D eigenvalue weighted by molar-refractivity contribution is 6.34. The molecule has 1 saturated heterocycles. The van der Waals surface area contributed by atoms with E-state index in [2.05, 4.69) is 5.32 Å². The average molecular weight is 369 g/mol. The highest BCUT2D eigenvalue weighted by Gasteiger charge is 2.44. The van der Waals surface area contributed by atoms with Crippen molar-refractivity contribution in [1.82, 2.24) is 4.90 Å². The predicted octanol–water partition coefficient (Wildman–Crippen LogP) is 2.25. The van der Waals surface area contributed by atoms with Gasteiger partial charge in [-0.3, -0.25) is 14.4 Å². The van der Waals surface area contributed by atoms with Crippen molar-refractivity contribution in [2.45, 2.75) is 19.8 Å². The second kappa shape index (κ2) is 7.84. The van der Waals surface area contributed by atoms with Gasteiger partial charge in [-0.05, 0) is 31.0 Å². The minimum Gasteiger partial charge on any atom is -0.481 e. The maximum atomic E-state index is 12.9. The molecule has 1 aliphatic heterocycles. The van der Waals surface area contributed by atoms with Crippen LogP contribution in [0.4, 0.5) is 5.69 Å². The van der Waals surface area contributed by atoms with Crippen molar-refractivity contribution >= 4 is 35.1 Å². The normalized spacial score (nSPS) is 20.2. The van der Waals surface area contributed by atoms with Crippen LogP contribution in [-0.2, 0) is 14.3 Å². The number of rotatable bonds is 5. The largest absolute Gasteiger partial charge is 0.481 e. The van der Waals surface area contributed by atoms with Gasteiger partial charge in [0, 0.05) is 32.8 Å². The Balaban J connectivity index is 2.27. The zero-order valence-electron chi connectivity index (χ0n) is 14.2. The summed E-state index contributed by atoms with van der Waals surface area (Å²) in [6.07, 6.45) is 1.00. The number of likely N-dealkylation sites (tertiary alicyclic amines) is 1. The van der Waals surface area contributed by atoms with E-state index in [4.69, 9.17) is 16.3 Å². The summed E-state index contributed by atoms with van der Waals surface area (Å²) in [6, 6.07) is 4.63. The number of anilines is 1. The number of hydrogen-bond donors (Lipinski definition) is 2. The molecule has 1 unspecified atom stereocenters. The molecule has 8 heteroatoms. The Morgan fingerprint density at radius 2 is 2.12 bits per heavy atom. The molecule has 7 nitrogen and oxygen atoms in total. The van der Waals surface area contributed by atoms with Gasteiger partial charge in [0.25, 0.3) is 5.91 Å². The van der Waals surface area contributed by atoms with Crippen LogP contribution >= 0.6 is 11.6 Å². The van der Waals surface area contributed by atoms with E-state index in [1.54, 1.807) is 6.07 Å². The molecule has 2 N–H and O–H groups in total. The summed E-state index contributed by atoms with van der Waals surface area (Å²) in [7, 11) is 1.44. The van der Waals surface area contributed by atoms with Gasteiger partial charge in [-0.15, -0.1) is 0 Å². The van der Waals surface area contributed by atoms with Crippen LogP contribution in [0, 0.1) is 5.41 Å². The molecule has 1 heterocycles. The van der Waals surface area contributed by atoms with Gasteiger partial charge in [-0.25, -0.2) is 0 Å². The lowest BCUT2D eigenvalue weighted by atomic mass is 9.80. The average Bonchev–Trinajstić information content (AvgIpc) is 2.56. The number of ether oxygens (including phenoxy) is 1. The molecular formula is C17H21ClN2O5. The Morgan fingerprint density at radius 3 is 2.72 bits per heavy atom. The molecule has 1 aromatic carbocycles. The smallest absolute Gasteiger partial charge is 0.313 e. The van der Waals surface area contributed by atoms with Gasteiger partial charge in [-0.1, -0.05) is 11.6 Å². The molecule has 0 aliphatic carbocycles. The minimum atomic E-state index is -1.12. The molecule has 2 rings (SSSR count). The number of nitrogens with one attached hydrogen (secondary N) is 1. The van der Waals surface area contributed by atoms with E-state index < -0.39 is 11.4 Å². The van der Waals surface area contributed by atoms with Crippen molar-refractivity contribution < 1.29 is 24.2 Å². The summed E-state index contributed by atoms with van der Waals surface area (Å²) in [6.45, 7) is 1.90. The van der Waals surface area contributed by atoms with Crippen molar-refractivity contribution in [1.29, 1.82) is 0 Å². The van der Waals surface area contributed by atoms with Crippen molar-refractivity contribution in [2.24, 2.45) is 5.41 Å². The first-order chi connectivity index (χ1) is 11.8. The second-order valence-corrected chi connectivity index (χ2v) is 6.63. The lowest BCUT2D eigenvalue weighted by Crippen LogP contribution is -2.52. The molecule has 1 aliphatic rings. The number of nitrogens with zero attached hydrogens (tertiary/aromatic N) is 1. The number of carboxylic acids is 1. The van der Waals surface area contributed by atoms with Crippen LogP contribution in [0.5, 0.6) is 0 Å². The van der Waals surface area contributed by atoms with Gasteiger partial charge in [0.15, 0.2) is 0 Å². The summed E-state index contributed by atoms with van der Waals surface area (Å²) >= 11 is 6.14. The molecule has 1 aromatic rings. The highest BCUT2D eigenvalue weighted by atomic mass is 35.5. The lowest BCUT2D eigenvalue weighted by Gasteiger charge is -2.39. The summed E-state index contributed by atoms with van der Waals surface area (Å²) in [4.78, 5) is 37.3. The molecule has 0 radical (unpaired) electrons. The SMILES string of the molecule is COCC1(C(=O)O)CCCN(C(=O)c2cc(NC(C)=O)ccc2Cl)C1. The summed E-state index contributed by atoms with van der Waals surface area (Å²) in [5, 5.41) is 12.4. The molecule has 0 aromatic heterocycles. The van der Waals surface area contributed by atoms with Gasteiger partial charge in [0.1, 0.15) is 5.41 Å². The lowest BCUT2D eigenvalue weighted by molar-refractivity contribution is -0.155. The quantitative estimate of drug-likeness (QED) is 0.831. The van der Waals surface area contributed by atoms with Crippen LogP contribution in [0.25, 0.3) is 0 Å². The van der Waals surface area contributed by atoms with E-state index >= 15 is 0 Å². The topological polar surface area (TPSA) is 95.9 Å². The van der Waals surface area contributed by atoms with E-state index in [9.17, 15) is 19.5 Å². The van der Waals surface area contributed by atoms with E-state index in [-0.39, 0.29) is 35.6 Å². The first-order valence-electron chi connectivity index (χ1n) is 7.88. The van der Waals surface area contributed by atoms with Crippen molar-refractivity contribution in [3.63, 3.8) is 0 Å². The molecule has 2 amide bonds. The fraction of sp³-hybridized carbons (Fsp3) is 0.471. The number of carbonyl (C=O) groups is 3. The van der Waals surface area contributed by atoms with E-state index in [0.29, 0.717) is 25.1 Å². The maximum absolute atomic E-state index is 12.9. The predicted molar refractivity (Wildman–Crippen MR) is 92.8 cm³/mol. The number of piperidine rings is 1. The van der Waals surface area contributed by atoms with Gasteiger partial charge in [-0.2, -0.15) is 0 Å². The minimum absolute atomic E-state index is 0.0335. The summed E-state index contributed by atoms with van der Waals surface area (Å²) in [5.74, 6) is -1.60. The number of carboxylic acid groups (broad SMARTS) is 1. The molecule has 0 spiro atoms. The van der Waals surface area contributed by atoms with Gasteiger partial charge >= 0.3 is 5.97 Å². The molecule has 1 fully saturated rings. The number of methoxy groups -OCH3 is 1. The Bertz CT molecular complexity index is 690. The van der Waals surface area contributed by atoms with Gasteiger partial charge in [0.05, 0.1) is 17.2 Å². The van der Waals surface area contributed by atoms with Crippen molar-refractivity contribution in [3.8, 4) is 0 Å². The van der Waals surface area contributed by atoms with E-state index in [1.807, 2.05) is 0 Å². The van der Waals surface area contributed by atoms with Crippen molar-refractivity contribution in [3.05, 3.63) is 28.8 Å². The number of amides is 2. The Morgan fingerprint density at radius 1 is 1.40 bits per heavy atom. The Hall–Kier alpha value is -2.12. The van der Waals surface area contributed by atoms with Gasteiger partial charge in [0.2, 0.25) is 5.91 Å². The molecule has 136 valence electrons. The third-order valence-corrected chi connectivity index (χ3v) is 4.59. The van der Waals surface area contributed by atoms with Crippen LogP contribution in [0.2, 0.25) is 5.02 Å². The second-order valence-electron chi connectivity index (χ2n) is 6.22. The number of hydrogen-bond acceptors (Lipinski definition) is 4. The molecule has 0 bridgehead atoms. The van der Waals surface area contributed by atoms with E-state index in [1.165, 1.54) is 31.1 Å². The molecular weight excluding hydrogens is 348 g/mol. The number of benzene rings is 1. The van der Waals surface area contributed by atoms with Crippen LogP contribution in [0.15, 0.2) is 18.2 Å². The monoisotopic (exact) mass is 368 g/mol. The third kappa shape index (κ3) is 4.29. The van der Waals surface area contributed by atoms with Gasteiger partial charge < -0.3 is 20.1 Å². The molecule has 1 atom stereocenters. The maximum Gasteiger partial charge on any atom is 0.313 e. The first-order valence-corrected chi connectivity index (χ1v) is 8.25. The standard InChI is InChI=1S/C17H21ClN2O5/c1-11(21)19-12-4-5-14(18)13(8-12)15(22)20-7-3-6-17(9-20,10-25-2)16(23)24/h4-5,8H,3,6-7,9-10H2,1-2H3,(H,19,21)(H,23,24). The first kappa shape index (κ1) is 19.2. The highest BCUT2D eigenvalue weighted by Crippen LogP contribution is 2.32. The number of carbonyl (C=O) groups excluding carboxylic acids is 2. The summed E-state index contributed by atoms with van der Waals surface area (Å²) < 4.78 is 5.07. The number of halogens is 1. The van der Waals surface area contributed by atoms with Crippen LogP contribution in [0.3, 0.4) is 0 Å².